The van der Waals surface area contributed by atoms with Crippen molar-refractivity contribution in [1.29, 1.82) is 0 Å². The number of carbonyl (C=O) groups excluding carboxylic acids is 1. The molecule has 0 spiro atoms. The van der Waals surface area contributed by atoms with E-state index in [2.05, 4.69) is 13.5 Å². The predicted octanol–water partition coefficient (Wildman–Crippen LogP) is 3.30. The van der Waals surface area contributed by atoms with Gasteiger partial charge in [-0.2, -0.15) is 0 Å². The summed E-state index contributed by atoms with van der Waals surface area (Å²) in [6.45, 7) is 5.43. The van der Waals surface area contributed by atoms with Gasteiger partial charge in [0.1, 0.15) is 6.61 Å². The van der Waals surface area contributed by atoms with Crippen molar-refractivity contribution in [2.75, 3.05) is 6.61 Å². The van der Waals surface area contributed by atoms with Gasteiger partial charge >= 0.3 is 0 Å². The summed E-state index contributed by atoms with van der Waals surface area (Å²) in [6.07, 6.45) is 12.8. The van der Waals surface area contributed by atoms with Crippen LogP contribution < -0.4 is 0 Å². The molecule has 1 fully saturated rings. The number of hydrogen-bond donors (Lipinski definition) is 4. The van der Waals surface area contributed by atoms with E-state index in [4.69, 9.17) is 5.11 Å². The lowest BCUT2D eigenvalue weighted by Crippen LogP contribution is -2.27. The summed E-state index contributed by atoms with van der Waals surface area (Å²) < 4.78 is 0. The van der Waals surface area contributed by atoms with Crippen molar-refractivity contribution in [1.82, 2.24) is 0 Å². The molecule has 0 amide bonds. The van der Waals surface area contributed by atoms with E-state index in [0.717, 1.165) is 57.8 Å². The standard InChI is InChI=1S/C23H40O5/c1-3-5-14-23(28,4-2)15-10-13-20-19(21(26)16-22(20)27)12-9-7-6-8-11-18(25)17-24/h4,8,11,19-22,24,26-28H,2-3,5-7,9-10,12-17H2,1H3/t19-,20-,21+,22-,23?/m1/s1. The molecule has 1 aliphatic carbocycles. The average molecular weight is 397 g/mol. The maximum Gasteiger partial charge on any atom is 0.180 e. The number of ketones is 1. The largest absolute Gasteiger partial charge is 0.393 e. The predicted molar refractivity (Wildman–Crippen MR) is 112 cm³/mol. The Kier molecular flexibility index (Phi) is 11.8. The summed E-state index contributed by atoms with van der Waals surface area (Å²) in [6, 6.07) is 0. The van der Waals surface area contributed by atoms with Crippen LogP contribution in [0, 0.1) is 11.8 Å². The zero-order valence-electron chi connectivity index (χ0n) is 17.4. The van der Waals surface area contributed by atoms with Crippen LogP contribution in [0.5, 0.6) is 0 Å². The van der Waals surface area contributed by atoms with Gasteiger partial charge < -0.3 is 20.4 Å². The van der Waals surface area contributed by atoms with Gasteiger partial charge in [0.05, 0.1) is 17.8 Å². The van der Waals surface area contributed by atoms with Crippen LogP contribution in [0.2, 0.25) is 0 Å². The van der Waals surface area contributed by atoms with Gasteiger partial charge in [0.2, 0.25) is 0 Å². The summed E-state index contributed by atoms with van der Waals surface area (Å²) in [5.74, 6) is -0.125. The Morgan fingerprint density at radius 2 is 1.68 bits per heavy atom. The number of unbranched alkanes of at least 4 members (excludes halogenated alkanes) is 3. The van der Waals surface area contributed by atoms with Crippen LogP contribution in [0.3, 0.4) is 0 Å². The number of aliphatic hydroxyl groups is 4. The Hall–Kier alpha value is -1.01. The van der Waals surface area contributed by atoms with Gasteiger partial charge in [0, 0.05) is 0 Å². The summed E-state index contributed by atoms with van der Waals surface area (Å²) in [5, 5.41) is 40.0. The lowest BCUT2D eigenvalue weighted by Gasteiger charge is -2.27. The van der Waals surface area contributed by atoms with Crippen LogP contribution in [0.1, 0.15) is 77.6 Å². The Labute approximate surface area is 170 Å². The fourth-order valence-corrected chi connectivity index (χ4v) is 4.35. The highest BCUT2D eigenvalue weighted by Gasteiger charge is 2.40. The van der Waals surface area contributed by atoms with Crippen LogP contribution in [-0.2, 0) is 4.79 Å². The van der Waals surface area contributed by atoms with Crippen molar-refractivity contribution in [3.63, 3.8) is 0 Å². The molecule has 1 rings (SSSR count). The Morgan fingerprint density at radius 3 is 2.25 bits per heavy atom. The van der Waals surface area contributed by atoms with Gasteiger partial charge in [-0.05, 0) is 69.3 Å². The van der Waals surface area contributed by atoms with Crippen molar-refractivity contribution in [2.45, 2.75) is 95.4 Å². The number of aliphatic hydroxyl groups excluding tert-OH is 3. The third-order valence-electron chi connectivity index (χ3n) is 6.13. The van der Waals surface area contributed by atoms with Crippen molar-refractivity contribution in [2.24, 2.45) is 11.8 Å². The highest BCUT2D eigenvalue weighted by Crippen LogP contribution is 2.39. The van der Waals surface area contributed by atoms with Crippen molar-refractivity contribution in [3.05, 3.63) is 24.8 Å². The fourth-order valence-electron chi connectivity index (χ4n) is 4.35. The molecular weight excluding hydrogens is 356 g/mol. The van der Waals surface area contributed by atoms with Crippen LogP contribution in [0.4, 0.5) is 0 Å². The number of hydrogen-bond acceptors (Lipinski definition) is 5. The highest BCUT2D eigenvalue weighted by molar-refractivity contribution is 5.90. The van der Waals surface area contributed by atoms with E-state index in [-0.39, 0.29) is 17.6 Å². The molecule has 0 radical (unpaired) electrons. The molecule has 4 N–H and O–H groups in total. The molecule has 0 aromatic rings. The third kappa shape index (κ3) is 8.56. The topological polar surface area (TPSA) is 98.0 Å². The number of carbonyl (C=O) groups is 1. The molecular formula is C23H40O5. The van der Waals surface area contributed by atoms with E-state index in [0.29, 0.717) is 12.8 Å². The van der Waals surface area contributed by atoms with Gasteiger partial charge in [-0.25, -0.2) is 0 Å². The second-order valence-corrected chi connectivity index (χ2v) is 8.31. The van der Waals surface area contributed by atoms with Gasteiger partial charge in [-0.3, -0.25) is 4.79 Å². The van der Waals surface area contributed by atoms with Crippen molar-refractivity contribution in [3.8, 4) is 0 Å². The molecule has 1 unspecified atom stereocenters. The van der Waals surface area contributed by atoms with E-state index in [1.165, 1.54) is 6.08 Å². The molecule has 162 valence electrons. The molecule has 0 heterocycles. The summed E-state index contributed by atoms with van der Waals surface area (Å²) in [7, 11) is 0. The van der Waals surface area contributed by atoms with E-state index in [1.54, 1.807) is 12.2 Å². The lowest BCUT2D eigenvalue weighted by molar-refractivity contribution is -0.117. The van der Waals surface area contributed by atoms with E-state index >= 15 is 0 Å². The second-order valence-electron chi connectivity index (χ2n) is 8.31. The molecule has 0 aliphatic heterocycles. The Balaban J connectivity index is 2.42. The normalized spacial score (nSPS) is 27.2. The summed E-state index contributed by atoms with van der Waals surface area (Å²) in [4.78, 5) is 11.0. The number of allylic oxidation sites excluding steroid dienone is 1. The zero-order valence-corrected chi connectivity index (χ0v) is 17.4. The molecule has 5 heteroatoms. The van der Waals surface area contributed by atoms with E-state index in [1.807, 2.05) is 0 Å². The highest BCUT2D eigenvalue weighted by atomic mass is 16.3. The molecule has 28 heavy (non-hydrogen) atoms. The maximum absolute atomic E-state index is 11.0. The molecule has 0 aromatic carbocycles. The summed E-state index contributed by atoms with van der Waals surface area (Å²) in [5.41, 5.74) is -0.827. The summed E-state index contributed by atoms with van der Waals surface area (Å²) >= 11 is 0. The van der Waals surface area contributed by atoms with Crippen LogP contribution in [0.25, 0.3) is 0 Å². The molecule has 0 aromatic heterocycles. The zero-order chi connectivity index (χ0) is 21.0. The first kappa shape index (κ1) is 25.0. The molecule has 5 atom stereocenters. The molecule has 5 nitrogen and oxygen atoms in total. The van der Waals surface area contributed by atoms with E-state index in [9.17, 15) is 20.1 Å². The minimum atomic E-state index is -0.827. The van der Waals surface area contributed by atoms with Gasteiger partial charge in [-0.15, -0.1) is 6.58 Å². The van der Waals surface area contributed by atoms with Crippen LogP contribution >= 0.6 is 0 Å². The van der Waals surface area contributed by atoms with Crippen molar-refractivity contribution < 1.29 is 25.2 Å². The molecule has 1 saturated carbocycles. The molecule has 1 aliphatic rings. The minimum absolute atomic E-state index is 0.0711. The van der Waals surface area contributed by atoms with Crippen molar-refractivity contribution >= 4 is 5.78 Å². The molecule has 0 saturated heterocycles. The average Bonchev–Trinajstić information content (AvgIpc) is 2.95. The second kappa shape index (κ2) is 13.3. The quantitative estimate of drug-likeness (QED) is 0.193. The van der Waals surface area contributed by atoms with Crippen LogP contribution in [0.15, 0.2) is 24.8 Å². The van der Waals surface area contributed by atoms with Gasteiger partial charge in [0.15, 0.2) is 5.78 Å². The maximum atomic E-state index is 11.0. The molecule has 0 bridgehead atoms. The van der Waals surface area contributed by atoms with E-state index < -0.39 is 24.4 Å². The number of rotatable bonds is 15. The first-order chi connectivity index (χ1) is 13.4. The lowest BCUT2D eigenvalue weighted by atomic mass is 9.83. The monoisotopic (exact) mass is 396 g/mol. The third-order valence-corrected chi connectivity index (χ3v) is 6.13. The fraction of sp³-hybridized carbons (Fsp3) is 0.783. The smallest absolute Gasteiger partial charge is 0.180 e. The SMILES string of the molecule is C=CC(O)(CCCC)CCC[C@@H]1[C@@H](CCCCC=CC(=O)CO)[C@@H](O)C[C@H]1O. The van der Waals surface area contributed by atoms with Crippen LogP contribution in [-0.4, -0.2) is 50.6 Å². The van der Waals surface area contributed by atoms with Gasteiger partial charge in [-0.1, -0.05) is 38.3 Å². The minimum Gasteiger partial charge on any atom is -0.393 e. The van der Waals surface area contributed by atoms with Gasteiger partial charge in [0.25, 0.3) is 0 Å². The Bertz CT molecular complexity index is 489. The Morgan fingerprint density at radius 1 is 1.07 bits per heavy atom. The first-order valence-electron chi connectivity index (χ1n) is 10.9. The first-order valence-corrected chi connectivity index (χ1v) is 10.9.